The van der Waals surface area contributed by atoms with Crippen molar-refractivity contribution in [2.75, 3.05) is 24.2 Å². The molecule has 2 N–H and O–H groups in total. The lowest BCUT2D eigenvalue weighted by Gasteiger charge is -2.16. The van der Waals surface area contributed by atoms with E-state index in [4.69, 9.17) is 11.0 Å². The first-order valence-corrected chi connectivity index (χ1v) is 4.94. The molecule has 0 saturated heterocycles. The van der Waals surface area contributed by atoms with Crippen LogP contribution in [0, 0.1) is 17.2 Å². The summed E-state index contributed by atoms with van der Waals surface area (Å²) in [6, 6.07) is 1.95. The second-order valence-corrected chi connectivity index (χ2v) is 3.90. The van der Waals surface area contributed by atoms with Gasteiger partial charge in [0.2, 0.25) is 5.95 Å². The SMILES string of the molecule is CN(CC1CC1)c1ncc(C#N)c(N)n1. The van der Waals surface area contributed by atoms with E-state index in [-0.39, 0.29) is 5.82 Å². The van der Waals surface area contributed by atoms with E-state index in [0.717, 1.165) is 12.5 Å². The van der Waals surface area contributed by atoms with Crippen LogP contribution in [0.4, 0.5) is 11.8 Å². The van der Waals surface area contributed by atoms with Gasteiger partial charge >= 0.3 is 0 Å². The zero-order valence-corrected chi connectivity index (χ0v) is 8.64. The Bertz CT molecular complexity index is 405. The zero-order valence-electron chi connectivity index (χ0n) is 8.64. The standard InChI is InChI=1S/C10H13N5/c1-15(6-7-2-3-7)10-13-5-8(4-11)9(12)14-10/h5,7H,2-3,6H2,1H3,(H2,12,13,14). The number of nitrogens with zero attached hydrogens (tertiary/aromatic N) is 4. The van der Waals surface area contributed by atoms with Gasteiger partial charge in [-0.2, -0.15) is 10.2 Å². The molecule has 78 valence electrons. The molecular weight excluding hydrogens is 190 g/mol. The monoisotopic (exact) mass is 203 g/mol. The maximum Gasteiger partial charge on any atom is 0.227 e. The van der Waals surface area contributed by atoms with E-state index in [1.54, 1.807) is 0 Å². The molecule has 1 aromatic heterocycles. The summed E-state index contributed by atoms with van der Waals surface area (Å²) in [6.45, 7) is 0.964. The first-order valence-electron chi connectivity index (χ1n) is 4.94. The zero-order chi connectivity index (χ0) is 10.8. The van der Waals surface area contributed by atoms with Crippen LogP contribution < -0.4 is 10.6 Å². The third-order valence-corrected chi connectivity index (χ3v) is 2.50. The van der Waals surface area contributed by atoms with Crippen LogP contribution in [-0.2, 0) is 0 Å². The van der Waals surface area contributed by atoms with Crippen molar-refractivity contribution >= 4 is 11.8 Å². The quantitative estimate of drug-likeness (QED) is 0.785. The molecule has 1 fully saturated rings. The fourth-order valence-electron chi connectivity index (χ4n) is 1.42. The molecule has 0 atom stereocenters. The van der Waals surface area contributed by atoms with Crippen molar-refractivity contribution in [1.82, 2.24) is 9.97 Å². The Balaban J connectivity index is 2.14. The Labute approximate surface area is 88.5 Å². The number of aromatic nitrogens is 2. The van der Waals surface area contributed by atoms with Crippen molar-refractivity contribution in [2.24, 2.45) is 5.92 Å². The van der Waals surface area contributed by atoms with Crippen LogP contribution in [0.15, 0.2) is 6.20 Å². The van der Waals surface area contributed by atoms with Gasteiger partial charge in [0.15, 0.2) is 0 Å². The highest BCUT2D eigenvalue weighted by Gasteiger charge is 2.23. The van der Waals surface area contributed by atoms with E-state index in [1.165, 1.54) is 19.0 Å². The van der Waals surface area contributed by atoms with Gasteiger partial charge in [-0.05, 0) is 18.8 Å². The van der Waals surface area contributed by atoms with Gasteiger partial charge in [0.05, 0.1) is 6.20 Å². The fraction of sp³-hybridized carbons (Fsp3) is 0.500. The number of nitrogen functional groups attached to an aromatic ring is 1. The van der Waals surface area contributed by atoms with Crippen LogP contribution in [0.1, 0.15) is 18.4 Å². The lowest BCUT2D eigenvalue weighted by Crippen LogP contribution is -2.22. The van der Waals surface area contributed by atoms with Crippen LogP contribution in [0.5, 0.6) is 0 Å². The number of nitrogens with two attached hydrogens (primary N) is 1. The minimum atomic E-state index is 0.255. The number of anilines is 2. The Hall–Kier alpha value is -1.83. The largest absolute Gasteiger partial charge is 0.382 e. The summed E-state index contributed by atoms with van der Waals surface area (Å²) < 4.78 is 0. The molecule has 0 amide bonds. The predicted octanol–water partition coefficient (Wildman–Crippen LogP) is 0.777. The van der Waals surface area contributed by atoms with Crippen molar-refractivity contribution in [3.63, 3.8) is 0 Å². The molecule has 0 aromatic carbocycles. The third-order valence-electron chi connectivity index (χ3n) is 2.50. The van der Waals surface area contributed by atoms with Crippen molar-refractivity contribution in [1.29, 1.82) is 5.26 Å². The molecule has 5 nitrogen and oxygen atoms in total. The van der Waals surface area contributed by atoms with E-state index in [0.29, 0.717) is 11.5 Å². The summed E-state index contributed by atoms with van der Waals surface area (Å²) in [5, 5.41) is 8.68. The third kappa shape index (κ3) is 2.15. The van der Waals surface area contributed by atoms with Gasteiger partial charge in [-0.3, -0.25) is 0 Å². The smallest absolute Gasteiger partial charge is 0.227 e. The van der Waals surface area contributed by atoms with E-state index >= 15 is 0 Å². The Kier molecular flexibility index (Phi) is 2.42. The van der Waals surface area contributed by atoms with E-state index < -0.39 is 0 Å². The van der Waals surface area contributed by atoms with Crippen LogP contribution in [-0.4, -0.2) is 23.6 Å². The van der Waals surface area contributed by atoms with Gasteiger partial charge in [0.25, 0.3) is 0 Å². The molecule has 1 heterocycles. The molecule has 2 rings (SSSR count). The molecule has 0 radical (unpaired) electrons. The maximum atomic E-state index is 8.68. The van der Waals surface area contributed by atoms with Crippen LogP contribution in [0.2, 0.25) is 0 Å². The summed E-state index contributed by atoms with van der Waals surface area (Å²) in [6.07, 6.45) is 4.05. The average Bonchev–Trinajstić information content (AvgIpc) is 3.01. The Morgan fingerprint density at radius 1 is 1.67 bits per heavy atom. The normalized spacial score (nSPS) is 14.7. The highest BCUT2D eigenvalue weighted by Crippen LogP contribution is 2.30. The van der Waals surface area contributed by atoms with Crippen LogP contribution in [0.3, 0.4) is 0 Å². The van der Waals surface area contributed by atoms with E-state index in [9.17, 15) is 0 Å². The Morgan fingerprint density at radius 2 is 2.40 bits per heavy atom. The molecule has 0 bridgehead atoms. The van der Waals surface area contributed by atoms with Gasteiger partial charge < -0.3 is 10.6 Å². The Morgan fingerprint density at radius 3 is 2.93 bits per heavy atom. The molecule has 1 aliphatic carbocycles. The lowest BCUT2D eigenvalue weighted by molar-refractivity contribution is 0.765. The summed E-state index contributed by atoms with van der Waals surface area (Å²) in [4.78, 5) is 10.2. The van der Waals surface area contributed by atoms with Crippen LogP contribution >= 0.6 is 0 Å². The minimum absolute atomic E-state index is 0.255. The molecule has 0 unspecified atom stereocenters. The highest BCUT2D eigenvalue weighted by molar-refractivity contribution is 5.50. The predicted molar refractivity (Wildman–Crippen MR) is 57.2 cm³/mol. The second kappa shape index (κ2) is 3.73. The number of hydrogen-bond acceptors (Lipinski definition) is 5. The van der Waals surface area contributed by atoms with Crippen LogP contribution in [0.25, 0.3) is 0 Å². The topological polar surface area (TPSA) is 78.8 Å². The number of nitriles is 1. The van der Waals surface area contributed by atoms with Crippen molar-refractivity contribution < 1.29 is 0 Å². The summed E-state index contributed by atoms with van der Waals surface area (Å²) >= 11 is 0. The highest BCUT2D eigenvalue weighted by atomic mass is 15.2. The fourth-order valence-corrected chi connectivity index (χ4v) is 1.42. The number of hydrogen-bond donors (Lipinski definition) is 1. The summed E-state index contributed by atoms with van der Waals surface area (Å²) in [5.41, 5.74) is 5.95. The van der Waals surface area contributed by atoms with Gasteiger partial charge in [-0.25, -0.2) is 4.98 Å². The van der Waals surface area contributed by atoms with Gasteiger partial charge in [0, 0.05) is 13.6 Å². The summed E-state index contributed by atoms with van der Waals surface area (Å²) in [5.74, 6) is 1.62. The molecule has 0 spiro atoms. The van der Waals surface area contributed by atoms with Gasteiger partial charge in [0.1, 0.15) is 17.5 Å². The average molecular weight is 203 g/mol. The molecule has 1 aliphatic rings. The molecular formula is C10H13N5. The molecule has 1 aromatic rings. The van der Waals surface area contributed by atoms with Crippen molar-refractivity contribution in [2.45, 2.75) is 12.8 Å². The first kappa shape index (κ1) is 9.71. The number of rotatable bonds is 3. The van der Waals surface area contributed by atoms with Crippen molar-refractivity contribution in [3.05, 3.63) is 11.8 Å². The van der Waals surface area contributed by atoms with Crippen molar-refractivity contribution in [3.8, 4) is 6.07 Å². The first-order chi connectivity index (χ1) is 7.20. The van der Waals surface area contributed by atoms with Gasteiger partial charge in [-0.1, -0.05) is 0 Å². The minimum Gasteiger partial charge on any atom is -0.382 e. The van der Waals surface area contributed by atoms with E-state index in [2.05, 4.69) is 9.97 Å². The molecule has 5 heteroatoms. The summed E-state index contributed by atoms with van der Waals surface area (Å²) in [7, 11) is 1.94. The molecule has 1 saturated carbocycles. The lowest BCUT2D eigenvalue weighted by atomic mass is 10.3. The maximum absolute atomic E-state index is 8.68. The van der Waals surface area contributed by atoms with Gasteiger partial charge in [-0.15, -0.1) is 0 Å². The second-order valence-electron chi connectivity index (χ2n) is 3.90. The van der Waals surface area contributed by atoms with E-state index in [1.807, 2.05) is 18.0 Å². The molecule has 0 aliphatic heterocycles. The molecule has 15 heavy (non-hydrogen) atoms.